The van der Waals surface area contributed by atoms with Crippen molar-refractivity contribution in [2.45, 2.75) is 39.3 Å². The van der Waals surface area contributed by atoms with Crippen molar-refractivity contribution in [3.63, 3.8) is 0 Å². The van der Waals surface area contributed by atoms with E-state index < -0.39 is 0 Å². The highest BCUT2D eigenvalue weighted by Gasteiger charge is 2.32. The third-order valence-corrected chi connectivity index (χ3v) is 7.21. The number of carbonyl (C=O) groups excluding carboxylic acids is 1. The molecular weight excluding hydrogens is 432 g/mol. The molecule has 1 aromatic carbocycles. The molecule has 0 atom stereocenters. The van der Waals surface area contributed by atoms with Crippen LogP contribution in [0.5, 0.6) is 0 Å². The Kier molecular flexibility index (Phi) is 5.08. The Morgan fingerprint density at radius 3 is 2.97 bits per heavy atom. The molecule has 0 radical (unpaired) electrons. The lowest BCUT2D eigenvalue weighted by molar-refractivity contribution is -0.131. The van der Waals surface area contributed by atoms with E-state index in [4.69, 9.17) is 21.9 Å². The SMILES string of the molecule is Cc1nnc2n1-c1sc3c(c1C(c1ccccc1Cl)=NC2)CCN(C(=O)CCC#N)C3. The number of fused-ring (bicyclic) bond motifs is 5. The Bertz CT molecular complexity index is 1270. The first-order valence-corrected chi connectivity index (χ1v) is 11.3. The van der Waals surface area contributed by atoms with Crippen LogP contribution >= 0.6 is 22.9 Å². The van der Waals surface area contributed by atoms with Crippen molar-refractivity contribution in [2.24, 2.45) is 4.99 Å². The van der Waals surface area contributed by atoms with Crippen LogP contribution in [0.3, 0.4) is 0 Å². The van der Waals surface area contributed by atoms with Gasteiger partial charge < -0.3 is 4.90 Å². The molecule has 7 nitrogen and oxygen atoms in total. The minimum Gasteiger partial charge on any atom is -0.337 e. The maximum absolute atomic E-state index is 12.5. The zero-order chi connectivity index (χ0) is 21.5. The Labute approximate surface area is 188 Å². The van der Waals surface area contributed by atoms with Gasteiger partial charge in [-0.25, -0.2) is 0 Å². The molecule has 1 amide bonds. The third-order valence-electron chi connectivity index (χ3n) is 5.68. The van der Waals surface area contributed by atoms with E-state index in [9.17, 15) is 4.79 Å². The zero-order valence-corrected chi connectivity index (χ0v) is 18.5. The number of aliphatic imine (C=N–C) groups is 1. The molecule has 0 fully saturated rings. The molecule has 0 N–H and O–H groups in total. The van der Waals surface area contributed by atoms with E-state index in [1.54, 1.807) is 11.3 Å². The Hall–Kier alpha value is -3.02. The van der Waals surface area contributed by atoms with Crippen LogP contribution in [0, 0.1) is 18.3 Å². The van der Waals surface area contributed by atoms with Crippen molar-refractivity contribution in [1.29, 1.82) is 5.26 Å². The number of aryl methyl sites for hydroxylation is 1. The normalized spacial score (nSPS) is 14.7. The van der Waals surface area contributed by atoms with Gasteiger partial charge >= 0.3 is 0 Å². The predicted octanol–water partition coefficient (Wildman–Crippen LogP) is 3.83. The van der Waals surface area contributed by atoms with Crippen LogP contribution in [0.25, 0.3) is 5.00 Å². The molecule has 2 aromatic heterocycles. The third kappa shape index (κ3) is 3.34. The number of hydrogen-bond acceptors (Lipinski definition) is 6. The summed E-state index contributed by atoms with van der Waals surface area (Å²) in [5.74, 6) is 1.63. The Morgan fingerprint density at radius 2 is 2.16 bits per heavy atom. The summed E-state index contributed by atoms with van der Waals surface area (Å²) in [6.07, 6.45) is 1.24. The number of hydrogen-bond donors (Lipinski definition) is 0. The van der Waals surface area contributed by atoms with E-state index in [2.05, 4.69) is 20.8 Å². The second-order valence-corrected chi connectivity index (χ2v) is 9.04. The average Bonchev–Trinajstić information content (AvgIpc) is 3.28. The highest BCUT2D eigenvalue weighted by Crippen LogP contribution is 2.40. The average molecular weight is 451 g/mol. The topological polar surface area (TPSA) is 87.2 Å². The number of nitriles is 1. The van der Waals surface area contributed by atoms with Crippen LogP contribution in [0.15, 0.2) is 29.3 Å². The van der Waals surface area contributed by atoms with Crippen molar-refractivity contribution in [2.75, 3.05) is 6.54 Å². The van der Waals surface area contributed by atoms with Gasteiger partial charge in [-0.15, -0.1) is 21.5 Å². The summed E-state index contributed by atoms with van der Waals surface area (Å²) >= 11 is 8.23. The number of thiophene rings is 1. The van der Waals surface area contributed by atoms with E-state index in [1.165, 1.54) is 5.56 Å². The van der Waals surface area contributed by atoms with E-state index >= 15 is 0 Å². The minimum absolute atomic E-state index is 0.0250. The Morgan fingerprint density at radius 1 is 1.32 bits per heavy atom. The minimum atomic E-state index is 0.0250. The maximum Gasteiger partial charge on any atom is 0.223 e. The maximum atomic E-state index is 12.5. The number of nitrogens with zero attached hydrogens (tertiary/aromatic N) is 6. The van der Waals surface area contributed by atoms with Crippen LogP contribution in [0.2, 0.25) is 5.02 Å². The smallest absolute Gasteiger partial charge is 0.223 e. The summed E-state index contributed by atoms with van der Waals surface area (Å²) < 4.78 is 2.08. The van der Waals surface area contributed by atoms with Gasteiger partial charge in [0.15, 0.2) is 5.82 Å². The molecule has 0 aliphatic carbocycles. The van der Waals surface area contributed by atoms with Crippen molar-refractivity contribution in [3.05, 3.63) is 62.5 Å². The van der Waals surface area contributed by atoms with Crippen molar-refractivity contribution in [3.8, 4) is 11.1 Å². The number of amides is 1. The molecule has 0 saturated heterocycles. The summed E-state index contributed by atoms with van der Waals surface area (Å²) in [6, 6.07) is 9.81. The highest BCUT2D eigenvalue weighted by atomic mass is 35.5. The summed E-state index contributed by atoms with van der Waals surface area (Å²) in [5, 5.41) is 19.1. The van der Waals surface area contributed by atoms with Crippen LogP contribution in [0.1, 0.15) is 46.1 Å². The molecule has 31 heavy (non-hydrogen) atoms. The van der Waals surface area contributed by atoms with Crippen molar-refractivity contribution >= 4 is 34.6 Å². The van der Waals surface area contributed by atoms with Crippen LogP contribution in [-0.4, -0.2) is 37.8 Å². The quantitative estimate of drug-likeness (QED) is 0.606. The lowest BCUT2D eigenvalue weighted by Gasteiger charge is -2.27. The van der Waals surface area contributed by atoms with Gasteiger partial charge in [0, 0.05) is 40.4 Å². The molecule has 2 aliphatic heterocycles. The number of carbonyl (C=O) groups is 1. The predicted molar refractivity (Wildman–Crippen MR) is 119 cm³/mol. The molecule has 4 heterocycles. The van der Waals surface area contributed by atoms with Crippen LogP contribution in [-0.2, 0) is 24.3 Å². The van der Waals surface area contributed by atoms with Gasteiger partial charge in [0.05, 0.1) is 18.3 Å². The van der Waals surface area contributed by atoms with E-state index in [0.717, 1.165) is 44.8 Å². The molecule has 0 bridgehead atoms. The van der Waals surface area contributed by atoms with Gasteiger partial charge in [0.25, 0.3) is 0 Å². The fraction of sp³-hybridized carbons (Fsp3) is 0.318. The molecular formula is C22H19ClN6OS. The molecule has 9 heteroatoms. The van der Waals surface area contributed by atoms with Gasteiger partial charge in [-0.1, -0.05) is 29.8 Å². The first kappa shape index (κ1) is 19.9. The van der Waals surface area contributed by atoms with Gasteiger partial charge in [0.1, 0.15) is 17.4 Å². The molecule has 156 valence electrons. The summed E-state index contributed by atoms with van der Waals surface area (Å²) in [6.45, 7) is 3.54. The number of halogens is 1. The lowest BCUT2D eigenvalue weighted by atomic mass is 9.95. The second kappa shape index (κ2) is 7.91. The first-order valence-electron chi connectivity index (χ1n) is 10.1. The van der Waals surface area contributed by atoms with Crippen molar-refractivity contribution in [1.82, 2.24) is 19.7 Å². The molecule has 5 rings (SSSR count). The zero-order valence-electron chi connectivity index (χ0n) is 16.9. The summed E-state index contributed by atoms with van der Waals surface area (Å²) in [4.78, 5) is 20.4. The molecule has 0 saturated carbocycles. The van der Waals surface area contributed by atoms with Gasteiger partial charge in [-0.2, -0.15) is 5.26 Å². The van der Waals surface area contributed by atoms with Crippen LogP contribution < -0.4 is 0 Å². The monoisotopic (exact) mass is 450 g/mol. The van der Waals surface area contributed by atoms with E-state index in [0.29, 0.717) is 24.7 Å². The molecule has 2 aliphatic rings. The van der Waals surface area contributed by atoms with E-state index in [-0.39, 0.29) is 18.7 Å². The lowest BCUT2D eigenvalue weighted by Crippen LogP contribution is -2.35. The van der Waals surface area contributed by atoms with Gasteiger partial charge in [-0.3, -0.25) is 14.4 Å². The van der Waals surface area contributed by atoms with Gasteiger partial charge in [0.2, 0.25) is 5.91 Å². The largest absolute Gasteiger partial charge is 0.337 e. The first-order chi connectivity index (χ1) is 15.1. The fourth-order valence-electron chi connectivity index (χ4n) is 4.20. The molecule has 3 aromatic rings. The highest BCUT2D eigenvalue weighted by molar-refractivity contribution is 7.15. The van der Waals surface area contributed by atoms with Crippen LogP contribution in [0.4, 0.5) is 0 Å². The standard InChI is InChI=1S/C22H19ClN6OS/c1-13-26-27-18-11-25-21(14-5-2-3-6-16(14)23)20-15-8-10-28(19(30)7-4-9-24)12-17(15)31-22(20)29(13)18/h2-3,5-6H,4,7-8,10-12H2,1H3. The Balaban J connectivity index is 1.64. The summed E-state index contributed by atoms with van der Waals surface area (Å²) in [5.41, 5.74) is 4.05. The molecule has 0 unspecified atom stereocenters. The number of rotatable bonds is 3. The number of benzene rings is 1. The summed E-state index contributed by atoms with van der Waals surface area (Å²) in [7, 11) is 0. The van der Waals surface area contributed by atoms with Crippen molar-refractivity contribution < 1.29 is 4.79 Å². The number of aromatic nitrogens is 3. The van der Waals surface area contributed by atoms with Gasteiger partial charge in [-0.05, 0) is 25.0 Å². The van der Waals surface area contributed by atoms with E-state index in [1.807, 2.05) is 36.1 Å². The second-order valence-electron chi connectivity index (χ2n) is 7.55. The molecule has 0 spiro atoms. The fourth-order valence-corrected chi connectivity index (χ4v) is 5.86.